The topological polar surface area (TPSA) is 29.9 Å². The van der Waals surface area contributed by atoms with E-state index in [4.69, 9.17) is 0 Å². The van der Waals surface area contributed by atoms with Gasteiger partial charge in [-0.3, -0.25) is 4.68 Å². The molecule has 1 aliphatic rings. The molecule has 0 atom stereocenters. The van der Waals surface area contributed by atoms with E-state index in [2.05, 4.69) is 30.5 Å². The van der Waals surface area contributed by atoms with Crippen LogP contribution in [0.5, 0.6) is 0 Å². The normalized spacial score (nSPS) is 17.3. The van der Waals surface area contributed by atoms with Crippen molar-refractivity contribution in [2.24, 2.45) is 0 Å². The zero-order chi connectivity index (χ0) is 11.4. The third kappa shape index (κ3) is 3.46. The van der Waals surface area contributed by atoms with E-state index in [-0.39, 0.29) is 12.4 Å². The van der Waals surface area contributed by atoms with Crippen LogP contribution in [-0.2, 0) is 13.1 Å². The van der Waals surface area contributed by atoms with Gasteiger partial charge in [0.25, 0.3) is 0 Å². The number of aryl methyl sites for hydroxylation is 1. The van der Waals surface area contributed by atoms with E-state index in [1.807, 2.05) is 10.9 Å². The Morgan fingerprint density at radius 1 is 1.41 bits per heavy atom. The fourth-order valence-corrected chi connectivity index (χ4v) is 2.40. The summed E-state index contributed by atoms with van der Waals surface area (Å²) in [6, 6.07) is 0. The Morgan fingerprint density at radius 3 is 2.71 bits per heavy atom. The summed E-state index contributed by atoms with van der Waals surface area (Å²) < 4.78 is 2.04. The second-order valence-electron chi connectivity index (χ2n) is 4.95. The first-order chi connectivity index (χ1) is 7.78. The van der Waals surface area contributed by atoms with Gasteiger partial charge >= 0.3 is 0 Å². The number of halogens is 1. The molecule has 1 aromatic heterocycles. The minimum Gasteiger partial charge on any atom is -0.307 e. The number of hydrogen-bond acceptors (Lipinski definition) is 2. The van der Waals surface area contributed by atoms with Gasteiger partial charge in [-0.2, -0.15) is 5.10 Å². The van der Waals surface area contributed by atoms with Crippen molar-refractivity contribution in [2.45, 2.75) is 64.6 Å². The lowest BCUT2D eigenvalue weighted by atomic mass is 9.75. The van der Waals surface area contributed by atoms with Crippen molar-refractivity contribution >= 4 is 12.4 Å². The van der Waals surface area contributed by atoms with Crippen LogP contribution in [0.25, 0.3) is 0 Å². The van der Waals surface area contributed by atoms with E-state index in [1.165, 1.54) is 31.2 Å². The monoisotopic (exact) mass is 257 g/mol. The summed E-state index contributed by atoms with van der Waals surface area (Å²) in [6.45, 7) is 6.46. The van der Waals surface area contributed by atoms with Gasteiger partial charge in [-0.1, -0.05) is 13.8 Å². The molecule has 0 saturated heterocycles. The summed E-state index contributed by atoms with van der Waals surface area (Å²) in [5.41, 5.74) is 1.75. The van der Waals surface area contributed by atoms with Crippen LogP contribution in [0.3, 0.4) is 0 Å². The Labute approximate surface area is 110 Å². The highest BCUT2D eigenvalue weighted by Gasteiger charge is 2.34. The molecular formula is C13H24ClN3. The molecule has 0 amide bonds. The summed E-state index contributed by atoms with van der Waals surface area (Å²) in [5, 5.41) is 8.05. The minimum atomic E-state index is 0. The largest absolute Gasteiger partial charge is 0.307 e. The molecule has 0 aromatic carbocycles. The van der Waals surface area contributed by atoms with Crippen molar-refractivity contribution in [1.82, 2.24) is 15.1 Å². The first-order valence-corrected chi connectivity index (χ1v) is 6.54. The average molecular weight is 258 g/mol. The van der Waals surface area contributed by atoms with Gasteiger partial charge in [0.05, 0.1) is 6.20 Å². The van der Waals surface area contributed by atoms with Crippen molar-refractivity contribution in [1.29, 1.82) is 0 Å². The van der Waals surface area contributed by atoms with Crippen molar-refractivity contribution in [3.05, 3.63) is 18.0 Å². The van der Waals surface area contributed by atoms with Gasteiger partial charge in [-0.15, -0.1) is 12.4 Å². The maximum Gasteiger partial charge on any atom is 0.0534 e. The minimum absolute atomic E-state index is 0. The smallest absolute Gasteiger partial charge is 0.0534 e. The standard InChI is InChI=1S/C13H23N3.ClH/c1-3-8-16-11-12(10-15-16)9-14-13(4-2)6-5-7-13;/h10-11,14H,3-9H2,1-2H3;1H. The molecule has 2 rings (SSSR count). The van der Waals surface area contributed by atoms with Crippen LogP contribution in [0.1, 0.15) is 51.5 Å². The highest BCUT2D eigenvalue weighted by Crippen LogP contribution is 2.34. The fourth-order valence-electron chi connectivity index (χ4n) is 2.40. The lowest BCUT2D eigenvalue weighted by Gasteiger charge is -2.42. The summed E-state index contributed by atoms with van der Waals surface area (Å²) in [5.74, 6) is 0. The SMILES string of the molecule is CCCn1cc(CNC2(CC)CCC2)cn1.Cl. The Balaban J connectivity index is 0.00000144. The summed E-state index contributed by atoms with van der Waals surface area (Å²) in [7, 11) is 0. The predicted octanol–water partition coefficient (Wildman–Crippen LogP) is 3.14. The van der Waals surface area contributed by atoms with E-state index in [0.29, 0.717) is 5.54 Å². The molecule has 98 valence electrons. The number of nitrogens with zero attached hydrogens (tertiary/aromatic N) is 2. The van der Waals surface area contributed by atoms with E-state index >= 15 is 0 Å². The molecule has 4 heteroatoms. The van der Waals surface area contributed by atoms with Crippen LogP contribution >= 0.6 is 12.4 Å². The lowest BCUT2D eigenvalue weighted by molar-refractivity contribution is 0.175. The van der Waals surface area contributed by atoms with E-state index in [9.17, 15) is 0 Å². The third-order valence-electron chi connectivity index (χ3n) is 3.79. The molecule has 0 unspecified atom stereocenters. The number of hydrogen-bond donors (Lipinski definition) is 1. The highest BCUT2D eigenvalue weighted by atomic mass is 35.5. The van der Waals surface area contributed by atoms with E-state index in [1.54, 1.807) is 0 Å². The van der Waals surface area contributed by atoms with Crippen LogP contribution < -0.4 is 5.32 Å². The lowest BCUT2D eigenvalue weighted by Crippen LogP contribution is -2.49. The van der Waals surface area contributed by atoms with Gasteiger partial charge in [0.1, 0.15) is 0 Å². The van der Waals surface area contributed by atoms with Gasteiger partial charge in [-0.25, -0.2) is 0 Å². The summed E-state index contributed by atoms with van der Waals surface area (Å²) in [4.78, 5) is 0. The van der Waals surface area contributed by atoms with Gasteiger partial charge in [0, 0.05) is 30.4 Å². The van der Waals surface area contributed by atoms with Crippen LogP contribution in [0.15, 0.2) is 12.4 Å². The van der Waals surface area contributed by atoms with Crippen LogP contribution in [0.4, 0.5) is 0 Å². The molecule has 0 aliphatic heterocycles. The highest BCUT2D eigenvalue weighted by molar-refractivity contribution is 5.85. The van der Waals surface area contributed by atoms with Crippen molar-refractivity contribution < 1.29 is 0 Å². The summed E-state index contributed by atoms with van der Waals surface area (Å²) >= 11 is 0. The fraction of sp³-hybridized carbons (Fsp3) is 0.769. The van der Waals surface area contributed by atoms with Gasteiger partial charge in [0.15, 0.2) is 0 Å². The van der Waals surface area contributed by atoms with Crippen LogP contribution in [0.2, 0.25) is 0 Å². The molecule has 1 aromatic rings. The molecular weight excluding hydrogens is 234 g/mol. The molecule has 0 spiro atoms. The second-order valence-corrected chi connectivity index (χ2v) is 4.95. The van der Waals surface area contributed by atoms with Crippen molar-refractivity contribution in [3.8, 4) is 0 Å². The van der Waals surface area contributed by atoms with Gasteiger partial charge in [0.2, 0.25) is 0 Å². The maximum absolute atomic E-state index is 4.35. The van der Waals surface area contributed by atoms with Gasteiger partial charge < -0.3 is 5.32 Å². The maximum atomic E-state index is 4.35. The zero-order valence-corrected chi connectivity index (χ0v) is 11.7. The third-order valence-corrected chi connectivity index (χ3v) is 3.79. The Hall–Kier alpha value is -0.540. The number of nitrogens with one attached hydrogen (secondary N) is 1. The Bertz CT molecular complexity index is 326. The first kappa shape index (κ1) is 14.5. The Morgan fingerprint density at radius 2 is 2.18 bits per heavy atom. The number of rotatable bonds is 6. The molecule has 0 bridgehead atoms. The van der Waals surface area contributed by atoms with Crippen molar-refractivity contribution in [3.63, 3.8) is 0 Å². The zero-order valence-electron chi connectivity index (χ0n) is 10.9. The average Bonchev–Trinajstić information content (AvgIpc) is 2.66. The molecule has 1 N–H and O–H groups in total. The molecule has 1 fully saturated rings. The summed E-state index contributed by atoms with van der Waals surface area (Å²) in [6.07, 6.45) is 10.6. The molecule has 3 nitrogen and oxygen atoms in total. The van der Waals surface area contributed by atoms with Gasteiger partial charge in [-0.05, 0) is 32.1 Å². The quantitative estimate of drug-likeness (QED) is 0.849. The molecule has 1 heterocycles. The molecule has 1 aliphatic carbocycles. The molecule has 1 saturated carbocycles. The molecule has 0 radical (unpaired) electrons. The Kier molecular flexibility index (Phi) is 5.47. The number of aromatic nitrogens is 2. The van der Waals surface area contributed by atoms with Crippen LogP contribution in [-0.4, -0.2) is 15.3 Å². The predicted molar refractivity (Wildman–Crippen MR) is 73.5 cm³/mol. The van der Waals surface area contributed by atoms with Crippen LogP contribution in [0, 0.1) is 0 Å². The van der Waals surface area contributed by atoms with E-state index < -0.39 is 0 Å². The van der Waals surface area contributed by atoms with E-state index in [0.717, 1.165) is 19.5 Å². The second kappa shape index (κ2) is 6.41. The molecule has 17 heavy (non-hydrogen) atoms. The van der Waals surface area contributed by atoms with Crippen molar-refractivity contribution in [2.75, 3.05) is 0 Å². The first-order valence-electron chi connectivity index (χ1n) is 6.54.